The van der Waals surface area contributed by atoms with Gasteiger partial charge in [-0.2, -0.15) is 11.3 Å². The van der Waals surface area contributed by atoms with E-state index in [1.807, 2.05) is 34.7 Å². The van der Waals surface area contributed by atoms with Crippen LogP contribution in [0.15, 0.2) is 28.2 Å². The molecule has 2 heterocycles. The van der Waals surface area contributed by atoms with Crippen molar-refractivity contribution in [1.82, 2.24) is 14.9 Å². The second kappa shape index (κ2) is 5.37. The molecule has 0 aliphatic carbocycles. The Morgan fingerprint density at radius 1 is 1.65 bits per heavy atom. The summed E-state index contributed by atoms with van der Waals surface area (Å²) in [6.07, 6.45) is 3.77. The average Bonchev–Trinajstić information content (AvgIpc) is 2.96. The van der Waals surface area contributed by atoms with Crippen LogP contribution in [0.1, 0.15) is 16.1 Å². The van der Waals surface area contributed by atoms with Gasteiger partial charge in [-0.05, 0) is 17.7 Å². The van der Waals surface area contributed by atoms with E-state index in [2.05, 4.69) is 10.3 Å². The van der Waals surface area contributed by atoms with Crippen LogP contribution in [-0.2, 0) is 13.6 Å². The van der Waals surface area contributed by atoms with Crippen LogP contribution in [0.5, 0.6) is 0 Å². The molecule has 0 saturated heterocycles. The van der Waals surface area contributed by atoms with Gasteiger partial charge >= 0.3 is 0 Å². The number of carbonyl (C=O) groups is 1. The Bertz CT molecular complexity index is 505. The Labute approximate surface area is 108 Å². The molecule has 1 N–H and O–H groups in total. The Balaban J connectivity index is 1.98. The van der Waals surface area contributed by atoms with E-state index < -0.39 is 0 Å². The normalized spacial score (nSPS) is 10.5. The fourth-order valence-electron chi connectivity index (χ4n) is 1.45. The van der Waals surface area contributed by atoms with E-state index in [0.717, 1.165) is 10.9 Å². The number of thioether (sulfide) groups is 1. The number of nitrogens with one attached hydrogen (secondary N) is 1. The first-order valence-electron chi connectivity index (χ1n) is 5.07. The lowest BCUT2D eigenvalue weighted by Gasteiger charge is -2.05. The minimum absolute atomic E-state index is 0.0434. The van der Waals surface area contributed by atoms with Crippen LogP contribution in [0.4, 0.5) is 0 Å². The van der Waals surface area contributed by atoms with Gasteiger partial charge in [-0.25, -0.2) is 4.98 Å². The van der Waals surface area contributed by atoms with Crippen LogP contribution in [0.3, 0.4) is 0 Å². The van der Waals surface area contributed by atoms with Crippen LogP contribution in [0.25, 0.3) is 0 Å². The van der Waals surface area contributed by atoms with E-state index in [4.69, 9.17) is 0 Å². The maximum atomic E-state index is 11.7. The number of hydrogen-bond donors (Lipinski definition) is 1. The minimum Gasteiger partial charge on any atom is -0.346 e. The molecular weight excluding hydrogens is 254 g/mol. The molecule has 0 saturated carbocycles. The summed E-state index contributed by atoms with van der Waals surface area (Å²) in [5.41, 5.74) is 1.71. The third-order valence-electron chi connectivity index (χ3n) is 2.44. The molecule has 2 aromatic rings. The summed E-state index contributed by atoms with van der Waals surface area (Å²) in [4.78, 5) is 16.0. The van der Waals surface area contributed by atoms with Crippen molar-refractivity contribution in [3.8, 4) is 0 Å². The van der Waals surface area contributed by atoms with Crippen molar-refractivity contribution >= 4 is 29.0 Å². The third-order valence-corrected chi connectivity index (χ3v) is 3.87. The van der Waals surface area contributed by atoms with Gasteiger partial charge < -0.3 is 9.88 Å². The summed E-state index contributed by atoms with van der Waals surface area (Å²) in [5.74, 6) is -0.0434. The Morgan fingerprint density at radius 3 is 3.06 bits per heavy atom. The van der Waals surface area contributed by atoms with Gasteiger partial charge in [0.2, 0.25) is 0 Å². The zero-order valence-corrected chi connectivity index (χ0v) is 11.3. The molecule has 0 aliphatic heterocycles. The van der Waals surface area contributed by atoms with Crippen LogP contribution in [0.2, 0.25) is 0 Å². The lowest BCUT2D eigenvalue weighted by atomic mass is 10.3. The molecule has 2 rings (SSSR count). The first-order valence-corrected chi connectivity index (χ1v) is 7.24. The highest BCUT2D eigenvalue weighted by Gasteiger charge is 2.08. The van der Waals surface area contributed by atoms with Crippen LogP contribution < -0.4 is 5.32 Å². The Morgan fingerprint density at radius 2 is 2.47 bits per heavy atom. The predicted molar refractivity (Wildman–Crippen MR) is 70.5 cm³/mol. The molecule has 6 heteroatoms. The second-order valence-corrected chi connectivity index (χ2v) is 5.04. The van der Waals surface area contributed by atoms with Crippen LogP contribution >= 0.6 is 23.1 Å². The maximum absolute atomic E-state index is 11.7. The van der Waals surface area contributed by atoms with E-state index in [-0.39, 0.29) is 5.91 Å². The fraction of sp³-hybridized carbons (Fsp3) is 0.273. The summed E-state index contributed by atoms with van der Waals surface area (Å²) in [6, 6.07) is 1.82. The summed E-state index contributed by atoms with van der Waals surface area (Å²) in [7, 11) is 1.95. The number of amides is 1. The predicted octanol–water partition coefficient (Wildman–Crippen LogP) is 2.13. The van der Waals surface area contributed by atoms with Gasteiger partial charge in [-0.1, -0.05) is 11.8 Å². The van der Waals surface area contributed by atoms with Crippen molar-refractivity contribution in [2.75, 3.05) is 6.26 Å². The first kappa shape index (κ1) is 12.2. The minimum atomic E-state index is -0.0434. The molecule has 0 aromatic carbocycles. The molecule has 0 aliphatic rings. The topological polar surface area (TPSA) is 46.9 Å². The highest BCUT2D eigenvalue weighted by molar-refractivity contribution is 7.98. The molecule has 90 valence electrons. The monoisotopic (exact) mass is 267 g/mol. The first-order chi connectivity index (χ1) is 8.22. The van der Waals surface area contributed by atoms with Gasteiger partial charge in [0, 0.05) is 18.0 Å². The number of imidazole rings is 1. The quantitative estimate of drug-likeness (QED) is 0.863. The maximum Gasteiger partial charge on any atom is 0.252 e. The molecule has 17 heavy (non-hydrogen) atoms. The number of thiophene rings is 1. The van der Waals surface area contributed by atoms with Gasteiger partial charge in [0.1, 0.15) is 0 Å². The van der Waals surface area contributed by atoms with Crippen molar-refractivity contribution in [3.63, 3.8) is 0 Å². The average molecular weight is 267 g/mol. The summed E-state index contributed by atoms with van der Waals surface area (Å²) >= 11 is 3.11. The molecule has 0 radical (unpaired) electrons. The molecule has 0 bridgehead atoms. The van der Waals surface area contributed by atoms with E-state index in [0.29, 0.717) is 12.1 Å². The smallest absolute Gasteiger partial charge is 0.252 e. The molecule has 4 nitrogen and oxygen atoms in total. The number of carbonyl (C=O) groups excluding carboxylic acids is 1. The van der Waals surface area contributed by atoms with Crippen LogP contribution in [0, 0.1) is 0 Å². The summed E-state index contributed by atoms with van der Waals surface area (Å²) < 4.78 is 1.98. The second-order valence-electron chi connectivity index (χ2n) is 3.49. The van der Waals surface area contributed by atoms with Crippen molar-refractivity contribution in [3.05, 3.63) is 34.3 Å². The molecule has 1 amide bonds. The number of hydrogen-bond acceptors (Lipinski definition) is 4. The Kier molecular flexibility index (Phi) is 3.86. The van der Waals surface area contributed by atoms with Crippen molar-refractivity contribution in [1.29, 1.82) is 0 Å². The van der Waals surface area contributed by atoms with Gasteiger partial charge in [-0.15, -0.1) is 0 Å². The van der Waals surface area contributed by atoms with E-state index in [9.17, 15) is 4.79 Å². The molecule has 0 unspecified atom stereocenters. The van der Waals surface area contributed by atoms with Crippen molar-refractivity contribution < 1.29 is 4.79 Å². The third kappa shape index (κ3) is 2.70. The van der Waals surface area contributed by atoms with Gasteiger partial charge in [0.25, 0.3) is 5.91 Å². The van der Waals surface area contributed by atoms with Crippen molar-refractivity contribution in [2.24, 2.45) is 7.05 Å². The van der Waals surface area contributed by atoms with Gasteiger partial charge in [0.15, 0.2) is 5.16 Å². The van der Waals surface area contributed by atoms with E-state index in [1.54, 1.807) is 18.0 Å². The zero-order valence-electron chi connectivity index (χ0n) is 9.64. The number of nitrogens with zero attached hydrogens (tertiary/aromatic N) is 2. The summed E-state index contributed by atoms with van der Waals surface area (Å²) in [5, 5.41) is 7.56. The zero-order chi connectivity index (χ0) is 12.3. The fourth-order valence-corrected chi connectivity index (χ4v) is 2.63. The molecular formula is C11H13N3OS2. The number of aromatic nitrogens is 2. The van der Waals surface area contributed by atoms with Gasteiger partial charge in [-0.3, -0.25) is 4.79 Å². The largest absolute Gasteiger partial charge is 0.346 e. The highest BCUT2D eigenvalue weighted by Crippen LogP contribution is 2.13. The van der Waals surface area contributed by atoms with Crippen molar-refractivity contribution in [2.45, 2.75) is 11.7 Å². The molecule has 0 atom stereocenters. The standard InChI is InChI=1S/C11H13N3OS2/c1-14-9(6-13-11(14)16-2)5-12-10(15)8-3-4-17-7-8/h3-4,6-7H,5H2,1-2H3,(H,12,15). The van der Waals surface area contributed by atoms with Gasteiger partial charge in [0.05, 0.1) is 18.4 Å². The lowest BCUT2D eigenvalue weighted by molar-refractivity contribution is 0.0950. The lowest BCUT2D eigenvalue weighted by Crippen LogP contribution is -2.23. The summed E-state index contributed by atoms with van der Waals surface area (Å²) in [6.45, 7) is 0.499. The molecule has 0 spiro atoms. The van der Waals surface area contributed by atoms with Crippen LogP contribution in [-0.4, -0.2) is 21.7 Å². The number of rotatable bonds is 4. The molecule has 0 fully saturated rings. The van der Waals surface area contributed by atoms with E-state index >= 15 is 0 Å². The highest BCUT2D eigenvalue weighted by atomic mass is 32.2. The SMILES string of the molecule is CSc1ncc(CNC(=O)c2ccsc2)n1C. The Hall–Kier alpha value is -1.27. The van der Waals surface area contributed by atoms with E-state index in [1.165, 1.54) is 11.3 Å². The molecule has 2 aromatic heterocycles.